The van der Waals surface area contributed by atoms with Crippen molar-refractivity contribution in [2.45, 2.75) is 25.4 Å². The molecule has 0 radical (unpaired) electrons. The monoisotopic (exact) mass is 623 g/mol. The molecule has 0 unspecified atom stereocenters. The van der Waals surface area contributed by atoms with Crippen LogP contribution in [-0.2, 0) is 11.3 Å². The van der Waals surface area contributed by atoms with Crippen molar-refractivity contribution in [3.05, 3.63) is 89.4 Å². The number of piperidine rings is 1. The number of hydrogen-bond donors (Lipinski definition) is 2. The number of rotatable bonds is 7. The molecule has 3 aromatic carbocycles. The van der Waals surface area contributed by atoms with Crippen molar-refractivity contribution in [2.24, 2.45) is 0 Å². The molecule has 230 valence electrons. The minimum Gasteiger partial charge on any atom is -0.378 e. The zero-order chi connectivity index (χ0) is 30.6. The predicted octanol–water partition coefficient (Wildman–Crippen LogP) is 5.86. The molecule has 0 atom stereocenters. The van der Waals surface area contributed by atoms with E-state index in [4.69, 9.17) is 26.3 Å². The molecule has 2 fully saturated rings. The average Bonchev–Trinajstić information content (AvgIpc) is 3.50. The lowest BCUT2D eigenvalue weighted by Gasteiger charge is -2.32. The summed E-state index contributed by atoms with van der Waals surface area (Å²) in [5, 5.41) is 15.4. The van der Waals surface area contributed by atoms with Crippen LogP contribution in [0.15, 0.2) is 78.9 Å². The molecule has 2 N–H and O–H groups in total. The molecular weight excluding hydrogens is 590 g/mol. The van der Waals surface area contributed by atoms with Gasteiger partial charge in [-0.25, -0.2) is 19.4 Å². The van der Waals surface area contributed by atoms with Crippen molar-refractivity contribution in [3.8, 4) is 11.4 Å². The Labute approximate surface area is 266 Å². The third-order valence-corrected chi connectivity index (χ3v) is 8.49. The molecule has 4 heterocycles. The fraction of sp³-hybridized carbons (Fsp3) is 0.303. The number of morpholine rings is 1. The summed E-state index contributed by atoms with van der Waals surface area (Å²) >= 11 is 6.04. The van der Waals surface area contributed by atoms with Crippen LogP contribution in [-0.4, -0.2) is 75.3 Å². The van der Waals surface area contributed by atoms with Crippen LogP contribution in [0.5, 0.6) is 0 Å². The number of amides is 2. The summed E-state index contributed by atoms with van der Waals surface area (Å²) in [5.74, 6) is 1.36. The summed E-state index contributed by atoms with van der Waals surface area (Å²) in [6, 6.07) is 25.0. The lowest BCUT2D eigenvalue weighted by molar-refractivity contribution is 0.122. The second-order valence-electron chi connectivity index (χ2n) is 11.3. The molecule has 0 aliphatic carbocycles. The van der Waals surface area contributed by atoms with Crippen LogP contribution in [0.4, 0.5) is 22.0 Å². The molecule has 2 aliphatic rings. The Kier molecular flexibility index (Phi) is 8.54. The minimum atomic E-state index is -0.359. The van der Waals surface area contributed by atoms with Crippen LogP contribution >= 0.6 is 11.6 Å². The van der Waals surface area contributed by atoms with Crippen LogP contribution in [0.25, 0.3) is 22.6 Å². The Morgan fingerprint density at radius 2 is 1.62 bits per heavy atom. The van der Waals surface area contributed by atoms with Crippen molar-refractivity contribution < 1.29 is 9.53 Å². The van der Waals surface area contributed by atoms with E-state index in [1.165, 1.54) is 5.56 Å². The van der Waals surface area contributed by atoms with Crippen molar-refractivity contribution in [3.63, 3.8) is 0 Å². The van der Waals surface area contributed by atoms with Gasteiger partial charge in [0.2, 0.25) is 0 Å². The van der Waals surface area contributed by atoms with Gasteiger partial charge in [-0.15, -0.1) is 5.10 Å². The first kappa shape index (κ1) is 29.1. The quantitative estimate of drug-likeness (QED) is 0.232. The highest BCUT2D eigenvalue weighted by atomic mass is 35.5. The van der Waals surface area contributed by atoms with Gasteiger partial charge in [0.15, 0.2) is 22.8 Å². The molecule has 2 aromatic heterocycles. The summed E-state index contributed by atoms with van der Waals surface area (Å²) < 4.78 is 7.61. The number of aromatic nitrogens is 5. The molecule has 0 saturated carbocycles. The maximum Gasteiger partial charge on any atom is 0.323 e. The van der Waals surface area contributed by atoms with Gasteiger partial charge in [0.25, 0.3) is 0 Å². The van der Waals surface area contributed by atoms with E-state index in [2.05, 4.69) is 61.1 Å². The number of halogens is 1. The summed E-state index contributed by atoms with van der Waals surface area (Å²) in [4.78, 5) is 27.3. The molecule has 0 bridgehead atoms. The number of carbonyl (C=O) groups excluding carboxylic acids is 1. The fourth-order valence-electron chi connectivity index (χ4n) is 5.91. The average molecular weight is 624 g/mol. The van der Waals surface area contributed by atoms with Gasteiger partial charge in [0.05, 0.1) is 19.3 Å². The van der Waals surface area contributed by atoms with Gasteiger partial charge in [-0.2, -0.15) is 0 Å². The maximum atomic E-state index is 12.6. The molecule has 45 heavy (non-hydrogen) atoms. The summed E-state index contributed by atoms with van der Waals surface area (Å²) in [6.07, 6.45) is 1.93. The van der Waals surface area contributed by atoms with E-state index < -0.39 is 0 Å². The van der Waals surface area contributed by atoms with E-state index in [0.717, 1.165) is 62.6 Å². The standard InChI is InChI=1S/C33H34ClN9O2/c34-25-7-4-8-27(21-25)36-33(44)35-26-11-9-24(10-12-26)30-37-31(42-17-19-45-20-18-42)29-32(38-30)43(40-39-29)28-13-15-41(16-14-28)22-23-5-2-1-3-6-23/h1-12,21,28H,13-20,22H2,(H2,35,36,44). The van der Waals surface area contributed by atoms with Crippen LogP contribution in [0.2, 0.25) is 5.02 Å². The first-order chi connectivity index (χ1) is 22.1. The molecular formula is C33H34ClN9O2. The van der Waals surface area contributed by atoms with E-state index in [1.54, 1.807) is 24.3 Å². The van der Waals surface area contributed by atoms with Gasteiger partial charge >= 0.3 is 6.03 Å². The normalized spacial score (nSPS) is 16.2. The minimum absolute atomic E-state index is 0.201. The zero-order valence-corrected chi connectivity index (χ0v) is 25.5. The Morgan fingerprint density at radius 1 is 0.867 bits per heavy atom. The largest absolute Gasteiger partial charge is 0.378 e. The summed E-state index contributed by atoms with van der Waals surface area (Å²) in [5.41, 5.74) is 4.87. The van der Waals surface area contributed by atoms with Crippen molar-refractivity contribution in [1.82, 2.24) is 29.9 Å². The number of anilines is 3. The number of carbonyl (C=O) groups is 1. The van der Waals surface area contributed by atoms with Crippen molar-refractivity contribution in [2.75, 3.05) is 54.9 Å². The van der Waals surface area contributed by atoms with Gasteiger partial charge in [0.1, 0.15) is 0 Å². The Hall–Kier alpha value is -4.58. The topological polar surface area (TPSA) is 113 Å². The van der Waals surface area contributed by atoms with E-state index in [-0.39, 0.29) is 12.1 Å². The van der Waals surface area contributed by atoms with Gasteiger partial charge < -0.3 is 20.3 Å². The third-order valence-electron chi connectivity index (χ3n) is 8.25. The van der Waals surface area contributed by atoms with E-state index in [0.29, 0.717) is 41.0 Å². The van der Waals surface area contributed by atoms with E-state index >= 15 is 0 Å². The van der Waals surface area contributed by atoms with E-state index in [1.807, 2.05) is 28.9 Å². The van der Waals surface area contributed by atoms with Crippen molar-refractivity contribution >= 4 is 46.0 Å². The highest BCUT2D eigenvalue weighted by Crippen LogP contribution is 2.31. The second-order valence-corrected chi connectivity index (χ2v) is 11.8. The van der Waals surface area contributed by atoms with Gasteiger partial charge in [-0.05, 0) is 60.9 Å². The molecule has 12 heteroatoms. The molecule has 2 aliphatic heterocycles. The molecule has 2 amide bonds. The second kappa shape index (κ2) is 13.2. The highest BCUT2D eigenvalue weighted by molar-refractivity contribution is 6.30. The van der Waals surface area contributed by atoms with Crippen molar-refractivity contribution in [1.29, 1.82) is 0 Å². The molecule has 7 rings (SSSR count). The third kappa shape index (κ3) is 6.75. The number of fused-ring (bicyclic) bond motifs is 1. The van der Waals surface area contributed by atoms with Crippen LogP contribution in [0.3, 0.4) is 0 Å². The van der Waals surface area contributed by atoms with Crippen LogP contribution < -0.4 is 15.5 Å². The lowest BCUT2D eigenvalue weighted by atomic mass is 10.0. The molecule has 5 aromatic rings. The summed E-state index contributed by atoms with van der Waals surface area (Å²) in [6.45, 7) is 5.62. The van der Waals surface area contributed by atoms with Gasteiger partial charge in [-0.3, -0.25) is 4.90 Å². The number of urea groups is 1. The molecule has 0 spiro atoms. The fourth-order valence-corrected chi connectivity index (χ4v) is 6.10. The highest BCUT2D eigenvalue weighted by Gasteiger charge is 2.27. The Bertz CT molecular complexity index is 1770. The van der Waals surface area contributed by atoms with Crippen LogP contribution in [0.1, 0.15) is 24.4 Å². The Balaban J connectivity index is 1.12. The zero-order valence-electron chi connectivity index (χ0n) is 24.8. The first-order valence-electron chi connectivity index (χ1n) is 15.2. The smallest absolute Gasteiger partial charge is 0.323 e. The number of nitrogens with one attached hydrogen (secondary N) is 2. The number of likely N-dealkylation sites (tertiary alicyclic amines) is 1. The predicted molar refractivity (Wildman–Crippen MR) is 176 cm³/mol. The number of hydrogen-bond acceptors (Lipinski definition) is 8. The molecule has 11 nitrogen and oxygen atoms in total. The van der Waals surface area contributed by atoms with E-state index in [9.17, 15) is 4.79 Å². The first-order valence-corrected chi connectivity index (χ1v) is 15.6. The number of nitrogens with zero attached hydrogens (tertiary/aromatic N) is 7. The lowest BCUT2D eigenvalue weighted by Crippen LogP contribution is -2.37. The van der Waals surface area contributed by atoms with Gasteiger partial charge in [-0.1, -0.05) is 53.2 Å². The molecule has 2 saturated heterocycles. The Morgan fingerprint density at radius 3 is 2.38 bits per heavy atom. The maximum absolute atomic E-state index is 12.6. The number of ether oxygens (including phenoxy) is 1. The number of benzene rings is 3. The SMILES string of the molecule is O=C(Nc1ccc(-c2nc(N3CCOCC3)c3nnn(C4CCN(Cc5ccccc5)CC4)c3n2)cc1)Nc1cccc(Cl)c1. The van der Waals surface area contributed by atoms with Crippen LogP contribution in [0, 0.1) is 0 Å². The summed E-state index contributed by atoms with van der Waals surface area (Å²) in [7, 11) is 0. The van der Waals surface area contributed by atoms with Gasteiger partial charge in [0, 0.05) is 54.7 Å².